The van der Waals surface area contributed by atoms with E-state index in [-0.39, 0.29) is 5.69 Å². The minimum absolute atomic E-state index is 0.213. The maximum absolute atomic E-state index is 11.4. The van der Waals surface area contributed by atoms with Gasteiger partial charge in [0.05, 0.1) is 26.1 Å². The van der Waals surface area contributed by atoms with Crippen LogP contribution in [-0.4, -0.2) is 49.4 Å². The number of methoxy groups -OCH3 is 1. The summed E-state index contributed by atoms with van der Waals surface area (Å²) >= 11 is 0. The topological polar surface area (TPSA) is 64.5 Å². The second-order valence-corrected chi connectivity index (χ2v) is 3.53. The van der Waals surface area contributed by atoms with Crippen molar-refractivity contribution in [2.45, 2.75) is 13.8 Å². The Hall–Kier alpha value is -1.69. The summed E-state index contributed by atoms with van der Waals surface area (Å²) in [4.78, 5) is 21.6. The number of nitrogens with zero attached hydrogens (tertiary/aromatic N) is 3. The van der Waals surface area contributed by atoms with Gasteiger partial charge in [-0.1, -0.05) is 0 Å². The van der Waals surface area contributed by atoms with Crippen LogP contribution in [0.1, 0.15) is 24.3 Å². The molecule has 1 heterocycles. The first-order valence-corrected chi connectivity index (χ1v) is 5.96. The fourth-order valence-electron chi connectivity index (χ4n) is 1.46. The average molecular weight is 253 g/mol. The number of likely N-dealkylation sites (N-methyl/N-ethyl adjacent to an activating group) is 1. The molecule has 1 rings (SSSR count). The van der Waals surface area contributed by atoms with Crippen LogP contribution < -0.4 is 4.90 Å². The molecule has 0 aliphatic carbocycles. The van der Waals surface area contributed by atoms with Crippen molar-refractivity contribution >= 4 is 11.8 Å². The predicted octanol–water partition coefficient (Wildman–Crippen LogP) is 1.13. The summed E-state index contributed by atoms with van der Waals surface area (Å²) in [5.74, 6) is 0.172. The standard InChI is InChI=1S/C12H19N3O3/c1-4-15(6-7-18-5-2)11-9-13-8-10(14-11)12(16)17-3/h8-9H,4-7H2,1-3H3. The van der Waals surface area contributed by atoms with E-state index < -0.39 is 5.97 Å². The second kappa shape index (κ2) is 7.60. The molecule has 6 heteroatoms. The van der Waals surface area contributed by atoms with E-state index in [9.17, 15) is 4.79 Å². The van der Waals surface area contributed by atoms with Gasteiger partial charge in [0.25, 0.3) is 0 Å². The van der Waals surface area contributed by atoms with Crippen molar-refractivity contribution in [1.29, 1.82) is 0 Å². The fraction of sp³-hybridized carbons (Fsp3) is 0.583. The fourth-order valence-corrected chi connectivity index (χ4v) is 1.46. The van der Waals surface area contributed by atoms with E-state index in [0.717, 1.165) is 6.54 Å². The number of carbonyl (C=O) groups is 1. The molecule has 1 aromatic rings. The van der Waals surface area contributed by atoms with Crippen LogP contribution in [0.3, 0.4) is 0 Å². The van der Waals surface area contributed by atoms with Gasteiger partial charge in [-0.05, 0) is 13.8 Å². The van der Waals surface area contributed by atoms with E-state index in [1.165, 1.54) is 13.3 Å². The highest BCUT2D eigenvalue weighted by molar-refractivity contribution is 5.87. The highest BCUT2D eigenvalue weighted by atomic mass is 16.5. The van der Waals surface area contributed by atoms with Gasteiger partial charge in [0.15, 0.2) is 5.69 Å². The Morgan fingerprint density at radius 2 is 2.17 bits per heavy atom. The molecule has 0 aliphatic heterocycles. The lowest BCUT2D eigenvalue weighted by molar-refractivity contribution is 0.0593. The van der Waals surface area contributed by atoms with E-state index in [2.05, 4.69) is 14.7 Å². The molecular weight excluding hydrogens is 234 g/mol. The van der Waals surface area contributed by atoms with E-state index in [0.29, 0.717) is 25.6 Å². The van der Waals surface area contributed by atoms with Gasteiger partial charge in [0.2, 0.25) is 0 Å². The lowest BCUT2D eigenvalue weighted by Gasteiger charge is -2.21. The first-order chi connectivity index (χ1) is 8.72. The SMILES string of the molecule is CCOCCN(CC)c1cncc(C(=O)OC)n1. The maximum atomic E-state index is 11.4. The van der Waals surface area contributed by atoms with Crippen molar-refractivity contribution in [3.63, 3.8) is 0 Å². The summed E-state index contributed by atoms with van der Waals surface area (Å²) in [7, 11) is 1.32. The number of hydrogen-bond acceptors (Lipinski definition) is 6. The monoisotopic (exact) mass is 253 g/mol. The quantitative estimate of drug-likeness (QED) is 0.536. The van der Waals surface area contributed by atoms with Crippen LogP contribution in [0, 0.1) is 0 Å². The zero-order valence-electron chi connectivity index (χ0n) is 11.0. The molecule has 0 N–H and O–H groups in total. The van der Waals surface area contributed by atoms with Crippen molar-refractivity contribution in [3.8, 4) is 0 Å². The number of hydrogen-bond donors (Lipinski definition) is 0. The van der Waals surface area contributed by atoms with Gasteiger partial charge in [-0.2, -0.15) is 0 Å². The predicted molar refractivity (Wildman–Crippen MR) is 67.8 cm³/mol. The normalized spacial score (nSPS) is 10.2. The van der Waals surface area contributed by atoms with Gasteiger partial charge in [0, 0.05) is 19.7 Å². The lowest BCUT2D eigenvalue weighted by Crippen LogP contribution is -2.28. The highest BCUT2D eigenvalue weighted by Crippen LogP contribution is 2.09. The van der Waals surface area contributed by atoms with E-state index in [1.54, 1.807) is 6.20 Å². The van der Waals surface area contributed by atoms with Crippen molar-refractivity contribution in [2.75, 3.05) is 38.3 Å². The minimum Gasteiger partial charge on any atom is -0.464 e. The van der Waals surface area contributed by atoms with Crippen molar-refractivity contribution in [2.24, 2.45) is 0 Å². The molecule has 0 saturated carbocycles. The number of rotatable bonds is 7. The molecule has 100 valence electrons. The first-order valence-electron chi connectivity index (χ1n) is 5.96. The van der Waals surface area contributed by atoms with Gasteiger partial charge in [-0.15, -0.1) is 0 Å². The molecule has 0 radical (unpaired) electrons. The third kappa shape index (κ3) is 3.96. The van der Waals surface area contributed by atoms with Crippen LogP contribution >= 0.6 is 0 Å². The summed E-state index contributed by atoms with van der Waals surface area (Å²) in [5, 5.41) is 0. The molecule has 0 unspecified atom stereocenters. The van der Waals surface area contributed by atoms with Gasteiger partial charge < -0.3 is 14.4 Å². The summed E-state index contributed by atoms with van der Waals surface area (Å²) in [5.41, 5.74) is 0.213. The van der Waals surface area contributed by atoms with Crippen molar-refractivity contribution in [1.82, 2.24) is 9.97 Å². The van der Waals surface area contributed by atoms with Crippen LogP contribution in [0.4, 0.5) is 5.82 Å². The molecule has 0 spiro atoms. The summed E-state index contributed by atoms with van der Waals surface area (Å²) < 4.78 is 9.92. The van der Waals surface area contributed by atoms with Crippen molar-refractivity contribution in [3.05, 3.63) is 18.1 Å². The molecular formula is C12H19N3O3. The summed E-state index contributed by atoms with van der Waals surface area (Å²) in [6, 6.07) is 0. The Balaban J connectivity index is 2.76. The molecule has 1 aromatic heterocycles. The number of esters is 1. The van der Waals surface area contributed by atoms with Gasteiger partial charge in [-0.25, -0.2) is 9.78 Å². The second-order valence-electron chi connectivity index (χ2n) is 3.53. The van der Waals surface area contributed by atoms with Crippen LogP contribution in [0.15, 0.2) is 12.4 Å². The number of anilines is 1. The summed E-state index contributed by atoms with van der Waals surface area (Å²) in [6.07, 6.45) is 3.02. The Morgan fingerprint density at radius 1 is 1.39 bits per heavy atom. The number of aromatic nitrogens is 2. The third-order valence-electron chi connectivity index (χ3n) is 2.43. The Kier molecular flexibility index (Phi) is 6.07. The van der Waals surface area contributed by atoms with Gasteiger partial charge >= 0.3 is 5.97 Å². The Labute approximate surface area is 107 Å². The van der Waals surface area contributed by atoms with E-state index >= 15 is 0 Å². The zero-order valence-corrected chi connectivity index (χ0v) is 11.0. The maximum Gasteiger partial charge on any atom is 0.358 e. The van der Waals surface area contributed by atoms with Gasteiger partial charge in [0.1, 0.15) is 5.82 Å². The zero-order chi connectivity index (χ0) is 13.4. The van der Waals surface area contributed by atoms with Crippen LogP contribution in [0.5, 0.6) is 0 Å². The first kappa shape index (κ1) is 14.4. The summed E-state index contributed by atoms with van der Waals surface area (Å²) in [6.45, 7) is 6.75. The Morgan fingerprint density at radius 3 is 2.78 bits per heavy atom. The van der Waals surface area contributed by atoms with Gasteiger partial charge in [-0.3, -0.25) is 4.98 Å². The molecule has 0 fully saturated rings. The molecule has 6 nitrogen and oxygen atoms in total. The molecule has 0 atom stereocenters. The van der Waals surface area contributed by atoms with Crippen LogP contribution in [0.25, 0.3) is 0 Å². The van der Waals surface area contributed by atoms with E-state index in [1.807, 2.05) is 18.7 Å². The molecule has 0 aromatic carbocycles. The van der Waals surface area contributed by atoms with E-state index in [4.69, 9.17) is 4.74 Å². The van der Waals surface area contributed by atoms with Crippen LogP contribution in [0.2, 0.25) is 0 Å². The number of carbonyl (C=O) groups excluding carboxylic acids is 1. The third-order valence-corrected chi connectivity index (χ3v) is 2.43. The number of ether oxygens (including phenoxy) is 2. The lowest BCUT2D eigenvalue weighted by atomic mass is 10.4. The molecule has 18 heavy (non-hydrogen) atoms. The van der Waals surface area contributed by atoms with Crippen molar-refractivity contribution < 1.29 is 14.3 Å². The highest BCUT2D eigenvalue weighted by Gasteiger charge is 2.12. The minimum atomic E-state index is -0.481. The molecule has 0 aliphatic rings. The Bertz CT molecular complexity index is 385. The largest absolute Gasteiger partial charge is 0.464 e. The molecule has 0 bridgehead atoms. The molecule has 0 amide bonds. The van der Waals surface area contributed by atoms with Crippen LogP contribution in [-0.2, 0) is 9.47 Å². The molecule has 0 saturated heterocycles. The average Bonchev–Trinajstić information content (AvgIpc) is 2.43. The smallest absolute Gasteiger partial charge is 0.358 e.